The third-order valence-corrected chi connectivity index (χ3v) is 7.44. The molecule has 1 aromatic heterocycles. The van der Waals surface area contributed by atoms with Crippen molar-refractivity contribution in [2.24, 2.45) is 0 Å². The van der Waals surface area contributed by atoms with Crippen molar-refractivity contribution in [3.8, 4) is 16.8 Å². The van der Waals surface area contributed by atoms with E-state index in [9.17, 15) is 0 Å². The summed E-state index contributed by atoms with van der Waals surface area (Å²) in [5, 5.41) is 2.48. The van der Waals surface area contributed by atoms with Gasteiger partial charge in [-0.2, -0.15) is 0 Å². The number of hydrogen-bond donors (Lipinski definition) is 0. The molecule has 0 aliphatic carbocycles. The summed E-state index contributed by atoms with van der Waals surface area (Å²) in [7, 11) is 0. The third kappa shape index (κ3) is 4.07. The molecule has 0 amide bonds. The molecule has 0 saturated carbocycles. The largest absolute Gasteiger partial charge is 0.310 e. The third-order valence-electron chi connectivity index (χ3n) is 7.44. The first-order chi connectivity index (χ1) is 19.3. The molecule has 0 spiro atoms. The second kappa shape index (κ2) is 9.66. The van der Waals surface area contributed by atoms with Crippen molar-refractivity contribution in [1.82, 2.24) is 4.57 Å². The predicted molar refractivity (Wildman–Crippen MR) is 166 cm³/mol. The molecule has 186 valence electrons. The molecule has 0 bridgehead atoms. The molecule has 39 heavy (non-hydrogen) atoms. The highest BCUT2D eigenvalue weighted by Crippen LogP contribution is 2.45. The first kappa shape index (κ1) is 23.1. The maximum Gasteiger partial charge on any atom is 0.0548 e. The van der Waals surface area contributed by atoms with Crippen molar-refractivity contribution in [1.29, 1.82) is 0 Å². The van der Waals surface area contributed by atoms with E-state index in [1.165, 1.54) is 38.5 Å². The fourth-order valence-electron chi connectivity index (χ4n) is 5.59. The number of fused-ring (bicyclic) bond motifs is 3. The molecule has 1 heterocycles. The van der Waals surface area contributed by atoms with Gasteiger partial charge in [0.05, 0.1) is 16.7 Å². The minimum absolute atomic E-state index is 1.13. The van der Waals surface area contributed by atoms with Crippen molar-refractivity contribution >= 4 is 38.9 Å². The molecule has 2 nitrogen and oxygen atoms in total. The normalized spacial score (nSPS) is 11.2. The van der Waals surface area contributed by atoms with Crippen LogP contribution >= 0.6 is 0 Å². The Morgan fingerprint density at radius 3 is 1.69 bits per heavy atom. The average Bonchev–Trinajstić information content (AvgIpc) is 3.32. The fourth-order valence-corrected chi connectivity index (χ4v) is 5.59. The SMILES string of the molecule is Cc1ccc(-c2cc3c(cc2N(c2ccccc2)c2ccccc2)c2ccccc2n3-c2ccccc2)cc1. The van der Waals surface area contributed by atoms with Crippen molar-refractivity contribution < 1.29 is 0 Å². The Hall–Kier alpha value is -5.08. The Kier molecular flexibility index (Phi) is 5.71. The lowest BCUT2D eigenvalue weighted by molar-refractivity contribution is 1.18. The number of benzene rings is 6. The van der Waals surface area contributed by atoms with E-state index in [1.807, 2.05) is 0 Å². The highest BCUT2D eigenvalue weighted by Gasteiger charge is 2.21. The minimum atomic E-state index is 1.13. The number of aryl methyl sites for hydroxylation is 1. The van der Waals surface area contributed by atoms with Crippen LogP contribution in [0, 0.1) is 6.92 Å². The van der Waals surface area contributed by atoms with Crippen molar-refractivity contribution in [3.63, 3.8) is 0 Å². The zero-order valence-corrected chi connectivity index (χ0v) is 21.8. The topological polar surface area (TPSA) is 8.17 Å². The summed E-state index contributed by atoms with van der Waals surface area (Å²) in [6.45, 7) is 2.14. The zero-order chi connectivity index (χ0) is 26.2. The molecular weight excluding hydrogens is 472 g/mol. The van der Waals surface area contributed by atoms with Gasteiger partial charge in [0.1, 0.15) is 0 Å². The standard InChI is InChI=1S/C37H28N2/c1-27-21-23-28(24-22-27)33-25-37-34(32-19-11-12-20-35(32)39(37)31-17-9-4-10-18-31)26-36(33)38(29-13-5-2-6-14-29)30-15-7-3-8-16-30/h2-26H,1H3. The Balaban J connectivity index is 1.61. The lowest BCUT2D eigenvalue weighted by atomic mass is 9.98. The summed E-state index contributed by atoms with van der Waals surface area (Å²) in [4.78, 5) is 2.38. The molecule has 7 rings (SSSR count). The van der Waals surface area contributed by atoms with Gasteiger partial charge in [-0.1, -0.05) is 103 Å². The van der Waals surface area contributed by atoms with Gasteiger partial charge in [0.2, 0.25) is 0 Å². The van der Waals surface area contributed by atoms with Gasteiger partial charge < -0.3 is 9.47 Å². The van der Waals surface area contributed by atoms with Crippen LogP contribution in [-0.4, -0.2) is 4.57 Å². The zero-order valence-electron chi connectivity index (χ0n) is 21.8. The predicted octanol–water partition coefficient (Wildman–Crippen LogP) is 10.2. The van der Waals surface area contributed by atoms with E-state index < -0.39 is 0 Å². The Bertz CT molecular complexity index is 1850. The van der Waals surface area contributed by atoms with Gasteiger partial charge in [-0.15, -0.1) is 0 Å². The second-order valence-electron chi connectivity index (χ2n) is 9.95. The highest BCUT2D eigenvalue weighted by atomic mass is 15.1. The fraction of sp³-hybridized carbons (Fsp3) is 0.0270. The first-order valence-corrected chi connectivity index (χ1v) is 13.4. The Morgan fingerprint density at radius 2 is 1.05 bits per heavy atom. The maximum absolute atomic E-state index is 2.39. The number of hydrogen-bond acceptors (Lipinski definition) is 1. The molecule has 0 N–H and O–H groups in total. The second-order valence-corrected chi connectivity index (χ2v) is 9.95. The van der Waals surface area contributed by atoms with E-state index in [2.05, 4.69) is 168 Å². The van der Waals surface area contributed by atoms with Crippen LogP contribution in [0.2, 0.25) is 0 Å². The average molecular weight is 501 g/mol. The lowest BCUT2D eigenvalue weighted by Crippen LogP contribution is -2.11. The molecule has 0 aliphatic heterocycles. The van der Waals surface area contributed by atoms with E-state index in [1.54, 1.807) is 0 Å². The summed E-state index contributed by atoms with van der Waals surface area (Å²) < 4.78 is 2.39. The van der Waals surface area contributed by atoms with Crippen LogP contribution in [0.25, 0.3) is 38.6 Å². The van der Waals surface area contributed by atoms with E-state index in [0.717, 1.165) is 22.7 Å². The smallest absolute Gasteiger partial charge is 0.0548 e. The maximum atomic E-state index is 2.39. The van der Waals surface area contributed by atoms with Crippen LogP contribution in [-0.2, 0) is 0 Å². The molecular formula is C37H28N2. The van der Waals surface area contributed by atoms with E-state index in [-0.39, 0.29) is 0 Å². The first-order valence-electron chi connectivity index (χ1n) is 13.4. The van der Waals surface area contributed by atoms with Gasteiger partial charge in [-0.3, -0.25) is 0 Å². The summed E-state index contributed by atoms with van der Waals surface area (Å²) in [5.74, 6) is 0. The van der Waals surface area contributed by atoms with Gasteiger partial charge in [0.25, 0.3) is 0 Å². The number of para-hydroxylation sites is 4. The Morgan fingerprint density at radius 1 is 0.487 bits per heavy atom. The minimum Gasteiger partial charge on any atom is -0.310 e. The molecule has 0 aliphatic rings. The van der Waals surface area contributed by atoms with Crippen molar-refractivity contribution in [3.05, 3.63) is 157 Å². The van der Waals surface area contributed by atoms with Crippen molar-refractivity contribution in [2.75, 3.05) is 4.90 Å². The molecule has 0 fully saturated rings. The van der Waals surface area contributed by atoms with Crippen molar-refractivity contribution in [2.45, 2.75) is 6.92 Å². The molecule has 2 heteroatoms. The highest BCUT2D eigenvalue weighted by molar-refractivity contribution is 6.13. The molecule has 0 atom stereocenters. The quantitative estimate of drug-likeness (QED) is 0.228. The molecule has 0 saturated heterocycles. The van der Waals surface area contributed by atoms with Gasteiger partial charge in [0.15, 0.2) is 0 Å². The van der Waals surface area contributed by atoms with E-state index in [0.29, 0.717) is 0 Å². The number of anilines is 3. The van der Waals surface area contributed by atoms with Gasteiger partial charge in [-0.25, -0.2) is 0 Å². The lowest BCUT2D eigenvalue weighted by Gasteiger charge is -2.28. The van der Waals surface area contributed by atoms with Crippen LogP contribution in [0.5, 0.6) is 0 Å². The summed E-state index contributed by atoms with van der Waals surface area (Å²) in [6.07, 6.45) is 0. The summed E-state index contributed by atoms with van der Waals surface area (Å²) in [5.41, 5.74) is 10.6. The van der Waals surface area contributed by atoms with E-state index >= 15 is 0 Å². The monoisotopic (exact) mass is 500 g/mol. The summed E-state index contributed by atoms with van der Waals surface area (Å²) >= 11 is 0. The number of nitrogens with zero attached hydrogens (tertiary/aromatic N) is 2. The van der Waals surface area contributed by atoms with Gasteiger partial charge >= 0.3 is 0 Å². The molecule has 7 aromatic rings. The summed E-state index contributed by atoms with van der Waals surface area (Å²) in [6, 6.07) is 54.3. The molecule has 0 unspecified atom stereocenters. The molecule has 6 aromatic carbocycles. The van der Waals surface area contributed by atoms with Gasteiger partial charge in [-0.05, 0) is 67.1 Å². The van der Waals surface area contributed by atoms with Crippen LogP contribution < -0.4 is 4.90 Å². The number of aromatic nitrogens is 1. The molecule has 0 radical (unpaired) electrons. The van der Waals surface area contributed by atoms with Crippen LogP contribution in [0.15, 0.2) is 152 Å². The van der Waals surface area contributed by atoms with Crippen LogP contribution in [0.3, 0.4) is 0 Å². The number of rotatable bonds is 5. The van der Waals surface area contributed by atoms with E-state index in [4.69, 9.17) is 0 Å². The van der Waals surface area contributed by atoms with Crippen LogP contribution in [0.4, 0.5) is 17.1 Å². The Labute approximate surface area is 229 Å². The van der Waals surface area contributed by atoms with Gasteiger partial charge in [0, 0.05) is 33.4 Å². The van der Waals surface area contributed by atoms with Crippen LogP contribution in [0.1, 0.15) is 5.56 Å².